The van der Waals surface area contributed by atoms with E-state index in [4.69, 9.17) is 4.74 Å². The van der Waals surface area contributed by atoms with Crippen molar-refractivity contribution >= 4 is 38.5 Å². The maximum atomic E-state index is 13.0. The SMILES string of the molecule is O=C(COc1ccc(Br)cc1)N1CCN(C(=O)c2cccc3ccccc23)CC1. The molecule has 0 saturated carbocycles. The standard InChI is InChI=1S/C23H21BrN2O3/c24-18-8-10-19(11-9-18)29-16-22(27)25-12-14-26(15-13-25)23(28)21-7-3-5-17-4-1-2-6-20(17)21/h1-11H,12-16H2. The Morgan fingerprint density at radius 3 is 2.24 bits per heavy atom. The van der Waals surface area contributed by atoms with E-state index in [2.05, 4.69) is 15.9 Å². The zero-order chi connectivity index (χ0) is 20.2. The van der Waals surface area contributed by atoms with E-state index in [0.29, 0.717) is 37.5 Å². The van der Waals surface area contributed by atoms with Gasteiger partial charge in [0.05, 0.1) is 0 Å². The summed E-state index contributed by atoms with van der Waals surface area (Å²) in [6, 6.07) is 21.1. The van der Waals surface area contributed by atoms with E-state index in [-0.39, 0.29) is 18.4 Å². The highest BCUT2D eigenvalue weighted by Gasteiger charge is 2.25. The molecule has 148 valence electrons. The van der Waals surface area contributed by atoms with Gasteiger partial charge < -0.3 is 14.5 Å². The number of piperazine rings is 1. The van der Waals surface area contributed by atoms with Gasteiger partial charge in [0, 0.05) is 36.2 Å². The fraction of sp³-hybridized carbons (Fsp3) is 0.217. The number of rotatable bonds is 4. The molecule has 4 rings (SSSR count). The summed E-state index contributed by atoms with van der Waals surface area (Å²) in [6.07, 6.45) is 0. The first-order valence-corrected chi connectivity index (χ1v) is 10.3. The Morgan fingerprint density at radius 2 is 1.48 bits per heavy atom. The van der Waals surface area contributed by atoms with Crippen LogP contribution in [0.3, 0.4) is 0 Å². The van der Waals surface area contributed by atoms with Gasteiger partial charge in [-0.3, -0.25) is 9.59 Å². The predicted octanol–water partition coefficient (Wildman–Crippen LogP) is 3.97. The first-order valence-electron chi connectivity index (χ1n) is 9.55. The van der Waals surface area contributed by atoms with Gasteiger partial charge in [-0.1, -0.05) is 52.3 Å². The van der Waals surface area contributed by atoms with Crippen LogP contribution in [0.1, 0.15) is 10.4 Å². The van der Waals surface area contributed by atoms with Gasteiger partial charge in [-0.25, -0.2) is 0 Å². The van der Waals surface area contributed by atoms with E-state index in [9.17, 15) is 9.59 Å². The Hall–Kier alpha value is -2.86. The fourth-order valence-electron chi connectivity index (χ4n) is 3.51. The lowest BCUT2D eigenvalue weighted by molar-refractivity contribution is -0.134. The molecule has 29 heavy (non-hydrogen) atoms. The molecule has 0 bridgehead atoms. The molecule has 0 spiro atoms. The number of fused-ring (bicyclic) bond motifs is 1. The minimum Gasteiger partial charge on any atom is -0.484 e. The third-order valence-corrected chi connectivity index (χ3v) is 5.64. The Morgan fingerprint density at radius 1 is 0.828 bits per heavy atom. The van der Waals surface area contributed by atoms with E-state index >= 15 is 0 Å². The van der Waals surface area contributed by atoms with Crippen LogP contribution in [0.25, 0.3) is 10.8 Å². The topological polar surface area (TPSA) is 49.9 Å². The van der Waals surface area contributed by atoms with Crippen molar-refractivity contribution in [1.82, 2.24) is 9.80 Å². The van der Waals surface area contributed by atoms with Gasteiger partial charge >= 0.3 is 0 Å². The molecule has 5 nitrogen and oxygen atoms in total. The molecule has 0 aliphatic carbocycles. The van der Waals surface area contributed by atoms with E-state index in [0.717, 1.165) is 15.2 Å². The first-order chi connectivity index (χ1) is 14.1. The normalized spacial score (nSPS) is 14.1. The smallest absolute Gasteiger partial charge is 0.260 e. The highest BCUT2D eigenvalue weighted by molar-refractivity contribution is 9.10. The molecule has 3 aromatic carbocycles. The second-order valence-corrected chi connectivity index (χ2v) is 7.86. The van der Waals surface area contributed by atoms with Crippen LogP contribution in [0.5, 0.6) is 5.75 Å². The van der Waals surface area contributed by atoms with Gasteiger partial charge in [0.25, 0.3) is 11.8 Å². The van der Waals surface area contributed by atoms with E-state index in [1.54, 1.807) is 4.90 Å². The molecule has 1 aliphatic heterocycles. The number of amides is 2. The van der Waals surface area contributed by atoms with Crippen molar-refractivity contribution in [1.29, 1.82) is 0 Å². The van der Waals surface area contributed by atoms with Gasteiger partial charge in [0.15, 0.2) is 6.61 Å². The van der Waals surface area contributed by atoms with Crippen molar-refractivity contribution in [3.05, 3.63) is 76.8 Å². The Bertz CT molecular complexity index is 1020. The zero-order valence-electron chi connectivity index (χ0n) is 15.9. The van der Waals surface area contributed by atoms with Crippen LogP contribution in [0.15, 0.2) is 71.2 Å². The average molecular weight is 453 g/mol. The average Bonchev–Trinajstić information content (AvgIpc) is 2.78. The molecule has 0 aromatic heterocycles. The van der Waals surface area contributed by atoms with Crippen LogP contribution in [0.4, 0.5) is 0 Å². The van der Waals surface area contributed by atoms with Crippen LogP contribution < -0.4 is 4.74 Å². The van der Waals surface area contributed by atoms with Gasteiger partial charge in [-0.2, -0.15) is 0 Å². The Labute approximate surface area is 178 Å². The van der Waals surface area contributed by atoms with Crippen LogP contribution in [-0.4, -0.2) is 54.4 Å². The summed E-state index contributed by atoms with van der Waals surface area (Å²) < 4.78 is 6.54. The lowest BCUT2D eigenvalue weighted by Crippen LogP contribution is -2.51. The molecule has 1 heterocycles. The lowest BCUT2D eigenvalue weighted by atomic mass is 10.0. The molecule has 0 unspecified atom stereocenters. The van der Waals surface area contributed by atoms with Crippen molar-refractivity contribution in [2.45, 2.75) is 0 Å². The summed E-state index contributed by atoms with van der Waals surface area (Å²) >= 11 is 3.37. The van der Waals surface area contributed by atoms with Crippen molar-refractivity contribution in [2.24, 2.45) is 0 Å². The zero-order valence-corrected chi connectivity index (χ0v) is 17.5. The molecule has 1 aliphatic rings. The van der Waals surface area contributed by atoms with E-state index in [1.165, 1.54) is 0 Å². The molecule has 0 N–H and O–H groups in total. The number of carbonyl (C=O) groups is 2. The Kier molecular flexibility index (Phi) is 5.81. The number of carbonyl (C=O) groups excluding carboxylic acids is 2. The lowest BCUT2D eigenvalue weighted by Gasteiger charge is -2.35. The summed E-state index contributed by atoms with van der Waals surface area (Å²) in [7, 11) is 0. The molecule has 0 atom stereocenters. The highest BCUT2D eigenvalue weighted by atomic mass is 79.9. The fourth-order valence-corrected chi connectivity index (χ4v) is 3.77. The van der Waals surface area contributed by atoms with Crippen LogP contribution in [-0.2, 0) is 4.79 Å². The monoisotopic (exact) mass is 452 g/mol. The molecule has 3 aromatic rings. The number of ether oxygens (including phenoxy) is 1. The highest BCUT2D eigenvalue weighted by Crippen LogP contribution is 2.21. The van der Waals surface area contributed by atoms with Crippen LogP contribution in [0, 0.1) is 0 Å². The quantitative estimate of drug-likeness (QED) is 0.601. The van der Waals surface area contributed by atoms with Gasteiger partial charge in [0.2, 0.25) is 0 Å². The number of nitrogens with zero attached hydrogens (tertiary/aromatic N) is 2. The van der Waals surface area contributed by atoms with Gasteiger partial charge in [-0.15, -0.1) is 0 Å². The summed E-state index contributed by atoms with van der Waals surface area (Å²) in [5.41, 5.74) is 0.710. The molecular formula is C23H21BrN2O3. The van der Waals surface area contributed by atoms with E-state index in [1.807, 2.05) is 71.6 Å². The predicted molar refractivity (Wildman–Crippen MR) is 116 cm³/mol. The second kappa shape index (κ2) is 8.66. The number of hydrogen-bond acceptors (Lipinski definition) is 3. The summed E-state index contributed by atoms with van der Waals surface area (Å²) in [5, 5.41) is 2.01. The first kappa shape index (κ1) is 19.5. The van der Waals surface area contributed by atoms with Gasteiger partial charge in [0.1, 0.15) is 5.75 Å². The maximum Gasteiger partial charge on any atom is 0.260 e. The number of hydrogen-bond donors (Lipinski definition) is 0. The molecule has 0 radical (unpaired) electrons. The number of halogens is 1. The molecule has 6 heteroatoms. The minimum atomic E-state index is -0.0646. The molecule has 1 fully saturated rings. The van der Waals surface area contributed by atoms with Crippen molar-refractivity contribution in [3.63, 3.8) is 0 Å². The number of benzene rings is 3. The largest absolute Gasteiger partial charge is 0.484 e. The van der Waals surface area contributed by atoms with Gasteiger partial charge in [-0.05, 0) is 41.1 Å². The van der Waals surface area contributed by atoms with Crippen LogP contribution in [0.2, 0.25) is 0 Å². The summed E-state index contributed by atoms with van der Waals surface area (Å²) in [5.74, 6) is 0.608. The maximum absolute atomic E-state index is 13.0. The second-order valence-electron chi connectivity index (χ2n) is 6.94. The van der Waals surface area contributed by atoms with Crippen molar-refractivity contribution in [3.8, 4) is 5.75 Å². The Balaban J connectivity index is 1.34. The third kappa shape index (κ3) is 4.43. The summed E-state index contributed by atoms with van der Waals surface area (Å²) in [6.45, 7) is 2.06. The third-order valence-electron chi connectivity index (χ3n) is 5.12. The molecule has 1 saturated heterocycles. The molecular weight excluding hydrogens is 432 g/mol. The summed E-state index contributed by atoms with van der Waals surface area (Å²) in [4.78, 5) is 29.0. The van der Waals surface area contributed by atoms with Crippen molar-refractivity contribution in [2.75, 3.05) is 32.8 Å². The minimum absolute atomic E-state index is 0.00109. The van der Waals surface area contributed by atoms with Crippen LogP contribution >= 0.6 is 15.9 Å². The van der Waals surface area contributed by atoms with Crippen molar-refractivity contribution < 1.29 is 14.3 Å². The van der Waals surface area contributed by atoms with E-state index < -0.39 is 0 Å². The molecule has 2 amide bonds.